The lowest BCUT2D eigenvalue weighted by Gasteiger charge is -2.29. The number of hydrogen-bond donors (Lipinski definition) is 2. The van der Waals surface area contributed by atoms with Gasteiger partial charge in [0.05, 0.1) is 12.6 Å². The van der Waals surface area contributed by atoms with Crippen LogP contribution >= 0.6 is 0 Å². The number of fused-ring (bicyclic) bond motifs is 1. The second-order valence-electron chi connectivity index (χ2n) is 7.97. The molecule has 0 spiro atoms. The second kappa shape index (κ2) is 9.87. The van der Waals surface area contributed by atoms with Crippen molar-refractivity contribution in [1.29, 1.82) is 0 Å². The first-order valence-corrected chi connectivity index (χ1v) is 11.0. The van der Waals surface area contributed by atoms with Crippen LogP contribution < -0.4 is 10.6 Å². The van der Waals surface area contributed by atoms with Crippen LogP contribution in [0.5, 0.6) is 0 Å². The van der Waals surface area contributed by atoms with Crippen molar-refractivity contribution in [3.8, 4) is 0 Å². The van der Waals surface area contributed by atoms with E-state index in [1.165, 1.54) is 50.8 Å². The van der Waals surface area contributed by atoms with Gasteiger partial charge in [0.15, 0.2) is 11.8 Å². The molecule has 1 fully saturated rings. The predicted molar refractivity (Wildman–Crippen MR) is 116 cm³/mol. The highest BCUT2D eigenvalue weighted by Gasteiger charge is 2.23. The van der Waals surface area contributed by atoms with E-state index in [0.717, 1.165) is 37.1 Å². The minimum Gasteiger partial charge on any atom is -0.354 e. The summed E-state index contributed by atoms with van der Waals surface area (Å²) in [6.45, 7) is 4.84. The molecule has 1 aromatic carbocycles. The van der Waals surface area contributed by atoms with Gasteiger partial charge in [0.2, 0.25) is 0 Å². The lowest BCUT2D eigenvalue weighted by atomic mass is 10.1. The molecular weight excluding hydrogens is 362 g/mol. The molecule has 0 aliphatic carbocycles. The average Bonchev–Trinajstić information content (AvgIpc) is 3.36. The Morgan fingerprint density at radius 2 is 1.79 bits per heavy atom. The summed E-state index contributed by atoms with van der Waals surface area (Å²) in [4.78, 5) is 7.01. The number of nitrogens with one attached hydrogen (secondary N) is 2. The van der Waals surface area contributed by atoms with Crippen LogP contribution in [0.1, 0.15) is 55.4 Å². The van der Waals surface area contributed by atoms with E-state index in [-0.39, 0.29) is 0 Å². The van der Waals surface area contributed by atoms with Crippen molar-refractivity contribution in [1.82, 2.24) is 30.3 Å². The van der Waals surface area contributed by atoms with Crippen LogP contribution in [-0.4, -0.2) is 52.3 Å². The third-order valence-corrected chi connectivity index (χ3v) is 6.05. The number of hydrogen-bond acceptors (Lipinski definition) is 4. The summed E-state index contributed by atoms with van der Waals surface area (Å²) in [5.41, 5.74) is 1.36. The number of nitrogens with zero attached hydrogens (tertiary/aromatic N) is 5. The molecule has 0 bridgehead atoms. The summed E-state index contributed by atoms with van der Waals surface area (Å²) in [6.07, 6.45) is 7.31. The van der Waals surface area contributed by atoms with Crippen LogP contribution in [0.3, 0.4) is 0 Å². The third-order valence-electron chi connectivity index (χ3n) is 6.05. The molecule has 2 aliphatic rings. The zero-order valence-electron chi connectivity index (χ0n) is 17.5. The number of likely N-dealkylation sites (tertiary alicyclic amines) is 1. The molecule has 1 aromatic heterocycles. The van der Waals surface area contributed by atoms with Crippen LogP contribution in [0.2, 0.25) is 0 Å². The molecule has 3 heterocycles. The smallest absolute Gasteiger partial charge is 0.191 e. The molecule has 2 aromatic rings. The first-order chi connectivity index (χ1) is 14.3. The van der Waals surface area contributed by atoms with Crippen molar-refractivity contribution in [2.75, 3.05) is 26.7 Å². The fourth-order valence-electron chi connectivity index (χ4n) is 4.44. The lowest BCUT2D eigenvalue weighted by molar-refractivity contribution is 0.245. The number of aromatic nitrogens is 3. The Labute approximate surface area is 173 Å². The Morgan fingerprint density at radius 1 is 1.00 bits per heavy atom. The van der Waals surface area contributed by atoms with Gasteiger partial charge in [0.25, 0.3) is 0 Å². The summed E-state index contributed by atoms with van der Waals surface area (Å²) in [7, 11) is 1.83. The standard InChI is InChI=1S/C22H33N7/c1-23-22(25-17-21-27-26-20-12-6-3-7-15-29(20)21)24-16-19(28-13-8-9-14-28)18-10-4-2-5-11-18/h2,4-5,10-11,19H,3,6-9,12-17H2,1H3,(H2,23,24,25). The zero-order chi connectivity index (χ0) is 19.9. The first-order valence-electron chi connectivity index (χ1n) is 11.0. The van der Waals surface area contributed by atoms with Crippen LogP contribution in [0.15, 0.2) is 35.3 Å². The largest absolute Gasteiger partial charge is 0.354 e. The minimum atomic E-state index is 0.363. The van der Waals surface area contributed by atoms with Crippen molar-refractivity contribution in [3.63, 3.8) is 0 Å². The van der Waals surface area contributed by atoms with Crippen molar-refractivity contribution >= 4 is 5.96 Å². The topological polar surface area (TPSA) is 70.4 Å². The van der Waals surface area contributed by atoms with Crippen LogP contribution in [0, 0.1) is 0 Å². The fourth-order valence-corrected chi connectivity index (χ4v) is 4.44. The molecule has 29 heavy (non-hydrogen) atoms. The molecule has 1 saturated heterocycles. The quantitative estimate of drug-likeness (QED) is 0.581. The molecule has 4 rings (SSSR count). The number of aryl methyl sites for hydroxylation is 1. The van der Waals surface area contributed by atoms with Crippen molar-refractivity contribution in [2.24, 2.45) is 4.99 Å². The molecule has 2 aliphatic heterocycles. The highest BCUT2D eigenvalue weighted by atomic mass is 15.3. The van der Waals surface area contributed by atoms with Crippen LogP contribution in [0.25, 0.3) is 0 Å². The van der Waals surface area contributed by atoms with Gasteiger partial charge in [-0.15, -0.1) is 10.2 Å². The van der Waals surface area contributed by atoms with Gasteiger partial charge in [-0.05, 0) is 44.3 Å². The molecule has 1 atom stereocenters. The van der Waals surface area contributed by atoms with E-state index in [1.54, 1.807) is 0 Å². The average molecular weight is 396 g/mol. The first kappa shape index (κ1) is 19.9. The Bertz CT molecular complexity index is 793. The summed E-state index contributed by atoms with van der Waals surface area (Å²) in [5, 5.41) is 15.8. The molecule has 1 unspecified atom stereocenters. The fraction of sp³-hybridized carbons (Fsp3) is 0.591. The summed E-state index contributed by atoms with van der Waals surface area (Å²) >= 11 is 0. The molecule has 7 nitrogen and oxygen atoms in total. The number of rotatable bonds is 6. The molecular formula is C22H33N7. The molecule has 0 saturated carbocycles. The van der Waals surface area contributed by atoms with Gasteiger partial charge in [-0.2, -0.15) is 0 Å². The van der Waals surface area contributed by atoms with E-state index in [9.17, 15) is 0 Å². The van der Waals surface area contributed by atoms with Crippen molar-refractivity contribution in [3.05, 3.63) is 47.5 Å². The van der Waals surface area contributed by atoms with Gasteiger partial charge in [0.1, 0.15) is 5.82 Å². The Kier molecular flexibility index (Phi) is 6.77. The Morgan fingerprint density at radius 3 is 2.59 bits per heavy atom. The summed E-state index contributed by atoms with van der Waals surface area (Å²) < 4.78 is 2.28. The molecule has 0 radical (unpaired) electrons. The van der Waals surface area contributed by atoms with E-state index < -0.39 is 0 Å². The van der Waals surface area contributed by atoms with Gasteiger partial charge in [-0.25, -0.2) is 0 Å². The second-order valence-corrected chi connectivity index (χ2v) is 7.97. The summed E-state index contributed by atoms with van der Waals surface area (Å²) in [6, 6.07) is 11.2. The summed E-state index contributed by atoms with van der Waals surface area (Å²) in [5.74, 6) is 2.94. The van der Waals surface area contributed by atoms with Gasteiger partial charge in [0, 0.05) is 26.6 Å². The molecule has 7 heteroatoms. The maximum Gasteiger partial charge on any atom is 0.191 e. The lowest BCUT2D eigenvalue weighted by Crippen LogP contribution is -2.42. The van der Waals surface area contributed by atoms with E-state index in [0.29, 0.717) is 12.6 Å². The normalized spacial score (nSPS) is 18.9. The van der Waals surface area contributed by atoms with Gasteiger partial charge in [-0.3, -0.25) is 9.89 Å². The molecule has 0 amide bonds. The Balaban J connectivity index is 1.36. The van der Waals surface area contributed by atoms with Gasteiger partial charge in [-0.1, -0.05) is 36.8 Å². The minimum absolute atomic E-state index is 0.363. The zero-order valence-corrected chi connectivity index (χ0v) is 17.5. The number of guanidine groups is 1. The van der Waals surface area contributed by atoms with E-state index in [1.807, 2.05) is 7.05 Å². The Hall–Kier alpha value is -2.41. The number of aliphatic imine (C=N–C) groups is 1. The van der Waals surface area contributed by atoms with Crippen molar-refractivity contribution < 1.29 is 0 Å². The van der Waals surface area contributed by atoms with E-state index >= 15 is 0 Å². The van der Waals surface area contributed by atoms with Crippen molar-refractivity contribution in [2.45, 2.75) is 57.7 Å². The van der Waals surface area contributed by atoms with Gasteiger partial charge >= 0.3 is 0 Å². The highest BCUT2D eigenvalue weighted by Crippen LogP contribution is 2.24. The SMILES string of the molecule is CN=C(NCc1nnc2n1CCCCC2)NCC(c1ccccc1)N1CCCC1. The van der Waals surface area contributed by atoms with Crippen LogP contribution in [0.4, 0.5) is 0 Å². The van der Waals surface area contributed by atoms with Crippen LogP contribution in [-0.2, 0) is 19.5 Å². The molecule has 2 N–H and O–H groups in total. The monoisotopic (exact) mass is 395 g/mol. The van der Waals surface area contributed by atoms with E-state index in [2.05, 4.69) is 65.6 Å². The third kappa shape index (κ3) is 4.96. The predicted octanol–water partition coefficient (Wildman–Crippen LogP) is 2.51. The van der Waals surface area contributed by atoms with Gasteiger partial charge < -0.3 is 15.2 Å². The number of benzene rings is 1. The highest BCUT2D eigenvalue weighted by molar-refractivity contribution is 5.79. The maximum absolute atomic E-state index is 4.43. The maximum atomic E-state index is 4.43. The van der Waals surface area contributed by atoms with E-state index in [4.69, 9.17) is 0 Å². The molecule has 156 valence electrons.